The van der Waals surface area contributed by atoms with Gasteiger partial charge < -0.3 is 15.4 Å². The lowest BCUT2D eigenvalue weighted by Gasteiger charge is -2.48. The van der Waals surface area contributed by atoms with E-state index in [0.29, 0.717) is 49.2 Å². The lowest BCUT2D eigenvalue weighted by molar-refractivity contribution is -0.139. The van der Waals surface area contributed by atoms with Crippen LogP contribution in [0.4, 0.5) is 0 Å². The molecule has 0 saturated carbocycles. The van der Waals surface area contributed by atoms with Crippen molar-refractivity contribution in [2.75, 3.05) is 20.1 Å². The molecule has 1 fully saturated rings. The molecule has 33 heavy (non-hydrogen) atoms. The van der Waals surface area contributed by atoms with E-state index in [9.17, 15) is 14.9 Å². The minimum absolute atomic E-state index is 0.0407. The minimum Gasteiger partial charge on any atom is -0.487 e. The van der Waals surface area contributed by atoms with Gasteiger partial charge in [0.1, 0.15) is 11.4 Å². The number of carbonyl (C=O) groups is 2. The van der Waals surface area contributed by atoms with Gasteiger partial charge in [0, 0.05) is 51.9 Å². The molecule has 0 radical (unpaired) electrons. The van der Waals surface area contributed by atoms with Crippen LogP contribution in [0.2, 0.25) is 0 Å². The van der Waals surface area contributed by atoms with Crippen LogP contribution < -0.4 is 10.5 Å². The number of nitrogens with two attached hydrogens (primary N) is 1. The maximum absolute atomic E-state index is 13.6. The van der Waals surface area contributed by atoms with E-state index in [1.807, 2.05) is 41.3 Å². The van der Waals surface area contributed by atoms with E-state index in [1.54, 1.807) is 20.0 Å². The van der Waals surface area contributed by atoms with Crippen LogP contribution in [0.15, 0.2) is 47.5 Å². The molecule has 2 spiro atoms. The number of fused-ring (bicyclic) bond motifs is 2. The third kappa shape index (κ3) is 3.23. The zero-order valence-electron chi connectivity index (χ0n) is 18.7. The Hall–Kier alpha value is -3.86. The van der Waals surface area contributed by atoms with E-state index in [4.69, 9.17) is 15.5 Å². The van der Waals surface area contributed by atoms with Gasteiger partial charge in [-0.05, 0) is 35.4 Å². The summed E-state index contributed by atoms with van der Waals surface area (Å²) in [6.45, 7) is 2.71. The molecule has 2 aromatic carbocycles. The van der Waals surface area contributed by atoms with Crippen molar-refractivity contribution in [3.8, 4) is 22.9 Å². The number of benzene rings is 2. The second-order valence-electron chi connectivity index (χ2n) is 9.07. The molecule has 2 amide bonds. The van der Waals surface area contributed by atoms with E-state index in [-0.39, 0.29) is 17.8 Å². The molecule has 8 heteroatoms. The van der Waals surface area contributed by atoms with Crippen LogP contribution in [-0.4, -0.2) is 53.3 Å². The predicted molar refractivity (Wildman–Crippen MR) is 122 cm³/mol. The van der Waals surface area contributed by atoms with E-state index in [0.717, 1.165) is 11.1 Å². The van der Waals surface area contributed by atoms with Gasteiger partial charge in [-0.3, -0.25) is 14.5 Å². The van der Waals surface area contributed by atoms with Crippen molar-refractivity contribution in [1.29, 1.82) is 5.26 Å². The maximum Gasteiger partial charge on any atom is 0.261 e. The molecule has 2 aromatic rings. The van der Waals surface area contributed by atoms with E-state index in [2.05, 4.69) is 6.07 Å². The highest BCUT2D eigenvalue weighted by molar-refractivity contribution is 6.07. The number of carbonyl (C=O) groups excluding carboxylic acids is 2. The molecule has 3 heterocycles. The van der Waals surface area contributed by atoms with Crippen molar-refractivity contribution in [3.05, 3.63) is 53.6 Å². The fourth-order valence-electron chi connectivity index (χ4n) is 5.22. The van der Waals surface area contributed by atoms with Crippen molar-refractivity contribution in [2.24, 2.45) is 10.7 Å². The largest absolute Gasteiger partial charge is 0.487 e. The normalized spacial score (nSPS) is 23.2. The molecule has 1 unspecified atom stereocenters. The van der Waals surface area contributed by atoms with Gasteiger partial charge in [0.2, 0.25) is 5.91 Å². The van der Waals surface area contributed by atoms with Gasteiger partial charge in [-0.15, -0.1) is 0 Å². The van der Waals surface area contributed by atoms with Crippen LogP contribution in [0.5, 0.6) is 5.75 Å². The number of aliphatic imine (C=N–C) groups is 1. The Kier molecular flexibility index (Phi) is 4.67. The number of likely N-dealkylation sites (N-methyl/N-ethyl adjacent to an activating group) is 1. The van der Waals surface area contributed by atoms with Crippen LogP contribution in [0.1, 0.15) is 37.3 Å². The van der Waals surface area contributed by atoms with Crippen LogP contribution in [0, 0.1) is 11.3 Å². The first-order valence-corrected chi connectivity index (χ1v) is 11.0. The molecular formula is C25H25N5O3. The lowest BCUT2D eigenvalue weighted by Crippen LogP contribution is -2.56. The second-order valence-corrected chi connectivity index (χ2v) is 9.07. The number of piperidine rings is 1. The van der Waals surface area contributed by atoms with Gasteiger partial charge in [0.05, 0.1) is 11.6 Å². The monoisotopic (exact) mass is 443 g/mol. The number of nitriles is 1. The summed E-state index contributed by atoms with van der Waals surface area (Å²) in [6.07, 6.45) is 1.60. The predicted octanol–water partition coefficient (Wildman–Crippen LogP) is 2.37. The molecule has 168 valence electrons. The van der Waals surface area contributed by atoms with Gasteiger partial charge in [-0.2, -0.15) is 5.26 Å². The summed E-state index contributed by atoms with van der Waals surface area (Å²) < 4.78 is 6.56. The molecule has 0 aliphatic carbocycles. The summed E-state index contributed by atoms with van der Waals surface area (Å²) in [6, 6.07) is 15.2. The van der Waals surface area contributed by atoms with E-state index < -0.39 is 11.1 Å². The topological polar surface area (TPSA) is 112 Å². The quantitative estimate of drug-likeness (QED) is 0.727. The van der Waals surface area contributed by atoms with Gasteiger partial charge >= 0.3 is 0 Å². The summed E-state index contributed by atoms with van der Waals surface area (Å²) in [5.41, 5.74) is 7.33. The molecule has 3 aliphatic rings. The minimum atomic E-state index is -1.17. The smallest absolute Gasteiger partial charge is 0.261 e. The number of ether oxygens (including phenoxy) is 1. The lowest BCUT2D eigenvalue weighted by atomic mass is 9.72. The first-order valence-electron chi connectivity index (χ1n) is 11.0. The van der Waals surface area contributed by atoms with Crippen LogP contribution >= 0.6 is 0 Å². The van der Waals surface area contributed by atoms with Crippen LogP contribution in [0.25, 0.3) is 11.1 Å². The summed E-state index contributed by atoms with van der Waals surface area (Å²) >= 11 is 0. The fourth-order valence-corrected chi connectivity index (χ4v) is 5.22. The van der Waals surface area contributed by atoms with Crippen molar-refractivity contribution in [3.63, 3.8) is 0 Å². The Balaban J connectivity index is 1.62. The Morgan fingerprint density at radius 1 is 1.18 bits per heavy atom. The molecule has 3 aliphatic heterocycles. The zero-order chi connectivity index (χ0) is 23.4. The van der Waals surface area contributed by atoms with Crippen LogP contribution in [0.3, 0.4) is 0 Å². The average molecular weight is 444 g/mol. The third-order valence-electron chi connectivity index (χ3n) is 7.08. The molecule has 5 rings (SSSR count). The molecule has 2 N–H and O–H groups in total. The van der Waals surface area contributed by atoms with Crippen molar-refractivity contribution >= 4 is 17.8 Å². The highest BCUT2D eigenvalue weighted by Crippen LogP contribution is 2.52. The SMILES string of the molecule is CC(=O)N1CCC2(CC1)CC1(N=C(N)N(C)C1=O)c1cc(-c3cccc(C#N)c3)ccc1O2. The molecule has 0 aromatic heterocycles. The van der Waals surface area contributed by atoms with Crippen molar-refractivity contribution in [1.82, 2.24) is 9.80 Å². The maximum atomic E-state index is 13.6. The molecule has 1 saturated heterocycles. The number of hydrogen-bond donors (Lipinski definition) is 1. The van der Waals surface area contributed by atoms with E-state index in [1.165, 1.54) is 4.90 Å². The molecule has 8 nitrogen and oxygen atoms in total. The number of amides is 2. The molecular weight excluding hydrogens is 418 g/mol. The fraction of sp³-hybridized carbons (Fsp3) is 0.360. The van der Waals surface area contributed by atoms with Gasteiger partial charge in [0.15, 0.2) is 11.5 Å². The number of rotatable bonds is 1. The van der Waals surface area contributed by atoms with Crippen LogP contribution in [-0.2, 0) is 15.1 Å². The summed E-state index contributed by atoms with van der Waals surface area (Å²) in [5.74, 6) is 0.652. The second kappa shape index (κ2) is 7.34. The third-order valence-corrected chi connectivity index (χ3v) is 7.08. The molecule has 0 bridgehead atoms. The number of guanidine groups is 1. The highest BCUT2D eigenvalue weighted by Gasteiger charge is 2.58. The Labute approximate surface area is 192 Å². The Morgan fingerprint density at radius 2 is 1.91 bits per heavy atom. The standard InChI is InChI=1S/C25H25N5O3/c1-16(31)30-10-8-24(9-11-30)15-25(22(32)29(2)23(27)28-25)20-13-19(6-7-21(20)33-24)18-5-3-4-17(12-18)14-26/h3-7,12-13H,8-11,15H2,1-2H3,(H2,27,28). The number of nitrogens with zero attached hydrogens (tertiary/aromatic N) is 4. The highest BCUT2D eigenvalue weighted by atomic mass is 16.5. The Morgan fingerprint density at radius 3 is 2.55 bits per heavy atom. The van der Waals surface area contributed by atoms with Gasteiger partial charge in [-0.1, -0.05) is 18.2 Å². The molecule has 1 atom stereocenters. The van der Waals surface area contributed by atoms with Crippen molar-refractivity contribution in [2.45, 2.75) is 37.3 Å². The zero-order valence-corrected chi connectivity index (χ0v) is 18.7. The van der Waals surface area contributed by atoms with Gasteiger partial charge in [-0.25, -0.2) is 4.99 Å². The van der Waals surface area contributed by atoms with Crippen molar-refractivity contribution < 1.29 is 14.3 Å². The number of hydrogen-bond acceptors (Lipinski definition) is 6. The summed E-state index contributed by atoms with van der Waals surface area (Å²) in [5, 5.41) is 9.28. The van der Waals surface area contributed by atoms with Gasteiger partial charge in [0.25, 0.3) is 5.91 Å². The average Bonchev–Trinajstić information content (AvgIpc) is 3.03. The first-order chi connectivity index (χ1) is 15.8. The first kappa shape index (κ1) is 21.0. The van der Waals surface area contributed by atoms with E-state index >= 15 is 0 Å². The Bertz CT molecular complexity index is 1240. The summed E-state index contributed by atoms with van der Waals surface area (Å²) in [4.78, 5) is 33.3. The number of likely N-dealkylation sites (tertiary alicyclic amines) is 1. The summed E-state index contributed by atoms with van der Waals surface area (Å²) in [7, 11) is 1.64.